The molecule has 1 unspecified atom stereocenters. The Bertz CT molecular complexity index is 814. The molecule has 1 heterocycles. The summed E-state index contributed by atoms with van der Waals surface area (Å²) in [5.74, 6) is -1.41. The number of benzene rings is 2. The number of halogens is 2. The van der Waals surface area contributed by atoms with Crippen LogP contribution in [0.5, 0.6) is 0 Å². The van der Waals surface area contributed by atoms with E-state index in [2.05, 4.69) is 0 Å². The Morgan fingerprint density at radius 1 is 1.04 bits per heavy atom. The zero-order valence-electron chi connectivity index (χ0n) is 14.9. The van der Waals surface area contributed by atoms with E-state index in [0.717, 1.165) is 0 Å². The van der Waals surface area contributed by atoms with Crippen molar-refractivity contribution in [2.75, 3.05) is 13.7 Å². The number of ether oxygens (including phenoxy) is 4. The molecule has 28 heavy (non-hydrogen) atoms. The first-order valence-corrected chi connectivity index (χ1v) is 8.85. The van der Waals surface area contributed by atoms with Gasteiger partial charge in [-0.3, -0.25) is 0 Å². The zero-order chi connectivity index (χ0) is 20.1. The van der Waals surface area contributed by atoms with Crippen LogP contribution in [0.15, 0.2) is 60.7 Å². The summed E-state index contributed by atoms with van der Waals surface area (Å²) in [6, 6.07) is 16.3. The molecule has 0 aliphatic carbocycles. The van der Waals surface area contributed by atoms with Gasteiger partial charge in [-0.05, 0) is 24.3 Å². The van der Waals surface area contributed by atoms with Crippen molar-refractivity contribution in [2.45, 2.75) is 23.6 Å². The molecule has 1 aliphatic rings. The minimum Gasteiger partial charge on any atom is -0.459 e. The quantitative estimate of drug-likeness (QED) is 0.539. The van der Waals surface area contributed by atoms with E-state index in [0.29, 0.717) is 5.56 Å². The molecule has 4 atom stereocenters. The van der Waals surface area contributed by atoms with E-state index in [1.165, 1.54) is 19.2 Å². The van der Waals surface area contributed by atoms with Gasteiger partial charge in [0.25, 0.3) is 5.13 Å². The monoisotopic (exact) mass is 408 g/mol. The summed E-state index contributed by atoms with van der Waals surface area (Å²) in [5.41, 5.74) is 0.537. The molecule has 0 amide bonds. The smallest absolute Gasteiger partial charge is 0.338 e. The fourth-order valence-electron chi connectivity index (χ4n) is 2.77. The summed E-state index contributed by atoms with van der Waals surface area (Å²) in [5, 5.41) is -2.65. The third kappa shape index (κ3) is 4.32. The van der Waals surface area contributed by atoms with Crippen molar-refractivity contribution in [3.8, 4) is 0 Å². The number of alkyl halides is 2. The molecule has 2 aromatic rings. The molecule has 0 bridgehead atoms. The van der Waals surface area contributed by atoms with Gasteiger partial charge in [0, 0.05) is 7.11 Å². The van der Waals surface area contributed by atoms with Gasteiger partial charge < -0.3 is 18.9 Å². The van der Waals surface area contributed by atoms with Crippen LogP contribution in [0.2, 0.25) is 0 Å². The third-order valence-corrected chi connectivity index (χ3v) is 4.57. The standard InChI is InChI=1S/C20H18ClFO6/c1-25-19-20(21,22)16(28-18(24)14-10-6-3-7-11-14)15(27-19)12-26-17(23)13-8-4-2-5-9-13/h2-11,15-16,19H,12H2,1H3/t15-,16-,19?,20-/m1/s1. The van der Waals surface area contributed by atoms with E-state index >= 15 is 4.39 Å². The Morgan fingerprint density at radius 3 is 2.11 bits per heavy atom. The lowest BCUT2D eigenvalue weighted by molar-refractivity contribution is -0.149. The first-order valence-electron chi connectivity index (χ1n) is 8.47. The summed E-state index contributed by atoms with van der Waals surface area (Å²) in [4.78, 5) is 24.5. The molecule has 0 spiro atoms. The maximum atomic E-state index is 15.0. The molecule has 8 heteroatoms. The Morgan fingerprint density at radius 2 is 1.57 bits per heavy atom. The SMILES string of the molecule is COC1O[C@H](COC(=O)c2ccccc2)[C@@H](OC(=O)c2ccccc2)[C@]1(F)Cl. The molecule has 1 fully saturated rings. The van der Waals surface area contributed by atoms with Crippen molar-refractivity contribution in [2.24, 2.45) is 0 Å². The number of esters is 2. The molecule has 1 saturated heterocycles. The predicted molar refractivity (Wildman–Crippen MR) is 97.7 cm³/mol. The summed E-state index contributed by atoms with van der Waals surface area (Å²) < 4.78 is 35.7. The minimum absolute atomic E-state index is 0.218. The van der Waals surface area contributed by atoms with Crippen molar-refractivity contribution < 1.29 is 32.9 Å². The van der Waals surface area contributed by atoms with Crippen LogP contribution < -0.4 is 0 Å². The maximum absolute atomic E-state index is 15.0. The molecule has 0 aromatic heterocycles. The number of carbonyl (C=O) groups excluding carboxylic acids is 2. The molecular formula is C20H18ClFO6. The van der Waals surface area contributed by atoms with Crippen molar-refractivity contribution in [1.29, 1.82) is 0 Å². The molecular weight excluding hydrogens is 391 g/mol. The van der Waals surface area contributed by atoms with Crippen molar-refractivity contribution in [1.82, 2.24) is 0 Å². The lowest BCUT2D eigenvalue weighted by Gasteiger charge is -2.24. The molecule has 2 aromatic carbocycles. The number of hydrogen-bond donors (Lipinski definition) is 0. The minimum atomic E-state index is -2.65. The van der Waals surface area contributed by atoms with Gasteiger partial charge in [-0.25, -0.2) is 14.0 Å². The van der Waals surface area contributed by atoms with Gasteiger partial charge in [-0.15, -0.1) is 0 Å². The molecule has 0 N–H and O–H groups in total. The lowest BCUT2D eigenvalue weighted by atomic mass is 10.1. The van der Waals surface area contributed by atoms with E-state index in [1.807, 2.05) is 0 Å². The van der Waals surface area contributed by atoms with Crippen molar-refractivity contribution in [3.63, 3.8) is 0 Å². The van der Waals surface area contributed by atoms with E-state index in [4.69, 9.17) is 30.5 Å². The Labute approximate surface area is 166 Å². The van der Waals surface area contributed by atoms with Crippen LogP contribution in [0.1, 0.15) is 20.7 Å². The summed E-state index contributed by atoms with van der Waals surface area (Å²) in [6.07, 6.45) is -4.19. The Balaban J connectivity index is 1.72. The van der Waals surface area contributed by atoms with E-state index in [-0.39, 0.29) is 12.2 Å². The third-order valence-electron chi connectivity index (χ3n) is 4.18. The lowest BCUT2D eigenvalue weighted by Crippen LogP contribution is -2.44. The van der Waals surface area contributed by atoms with Gasteiger partial charge in [0.15, 0.2) is 6.10 Å². The normalized spacial score (nSPS) is 26.6. The second-order valence-electron chi connectivity index (χ2n) is 6.07. The Hall–Kier alpha value is -2.48. The van der Waals surface area contributed by atoms with Gasteiger partial charge >= 0.3 is 11.9 Å². The van der Waals surface area contributed by atoms with E-state index < -0.39 is 35.6 Å². The number of carbonyl (C=O) groups is 2. The Kier molecular flexibility index (Phi) is 6.28. The summed E-state index contributed by atoms with van der Waals surface area (Å²) in [6.45, 7) is -0.376. The fraction of sp³-hybridized carbons (Fsp3) is 0.300. The first-order chi connectivity index (χ1) is 13.4. The van der Waals surface area contributed by atoms with Crippen molar-refractivity contribution in [3.05, 3.63) is 71.8 Å². The van der Waals surface area contributed by atoms with Crippen LogP contribution in [0, 0.1) is 0 Å². The van der Waals surface area contributed by atoms with E-state index in [9.17, 15) is 9.59 Å². The van der Waals surface area contributed by atoms with Crippen LogP contribution in [0.3, 0.4) is 0 Å². The van der Waals surface area contributed by atoms with Gasteiger partial charge in [0.2, 0.25) is 6.29 Å². The largest absolute Gasteiger partial charge is 0.459 e. The van der Waals surface area contributed by atoms with Crippen LogP contribution in [-0.2, 0) is 18.9 Å². The molecule has 0 saturated carbocycles. The molecule has 0 radical (unpaired) electrons. The highest BCUT2D eigenvalue weighted by Gasteiger charge is 2.60. The van der Waals surface area contributed by atoms with Crippen LogP contribution in [0.25, 0.3) is 0 Å². The van der Waals surface area contributed by atoms with Crippen LogP contribution >= 0.6 is 11.6 Å². The fourth-order valence-corrected chi connectivity index (χ4v) is 3.10. The number of methoxy groups -OCH3 is 1. The highest BCUT2D eigenvalue weighted by atomic mass is 35.5. The van der Waals surface area contributed by atoms with Crippen molar-refractivity contribution >= 4 is 23.5 Å². The predicted octanol–water partition coefficient (Wildman–Crippen LogP) is 3.34. The molecule has 3 rings (SSSR count). The highest BCUT2D eigenvalue weighted by molar-refractivity contribution is 6.24. The molecule has 148 valence electrons. The van der Waals surface area contributed by atoms with Crippen LogP contribution in [-0.4, -0.2) is 49.3 Å². The second-order valence-corrected chi connectivity index (χ2v) is 6.65. The van der Waals surface area contributed by atoms with Gasteiger partial charge in [0.1, 0.15) is 12.7 Å². The number of rotatable bonds is 6. The molecule has 6 nitrogen and oxygen atoms in total. The average Bonchev–Trinajstić information content (AvgIpc) is 2.96. The van der Waals surface area contributed by atoms with Crippen LogP contribution in [0.4, 0.5) is 4.39 Å². The first kappa shape index (κ1) is 20.3. The highest BCUT2D eigenvalue weighted by Crippen LogP contribution is 2.41. The topological polar surface area (TPSA) is 71.1 Å². The van der Waals surface area contributed by atoms with Gasteiger partial charge in [-0.2, -0.15) is 0 Å². The number of hydrogen-bond acceptors (Lipinski definition) is 6. The maximum Gasteiger partial charge on any atom is 0.338 e. The zero-order valence-corrected chi connectivity index (χ0v) is 15.7. The second kappa shape index (κ2) is 8.68. The molecule has 1 aliphatic heterocycles. The van der Waals surface area contributed by atoms with Gasteiger partial charge in [0.05, 0.1) is 11.1 Å². The summed E-state index contributed by atoms with van der Waals surface area (Å²) >= 11 is 5.92. The summed E-state index contributed by atoms with van der Waals surface area (Å²) in [7, 11) is 1.20. The van der Waals surface area contributed by atoms with Gasteiger partial charge in [-0.1, -0.05) is 48.0 Å². The average molecular weight is 409 g/mol. The van der Waals surface area contributed by atoms with E-state index in [1.54, 1.807) is 48.5 Å².